The summed E-state index contributed by atoms with van der Waals surface area (Å²) in [6, 6.07) is 6.99. The van der Waals surface area contributed by atoms with Crippen molar-refractivity contribution < 1.29 is 4.79 Å². The number of pyridine rings is 1. The number of carbonyl (C=O) groups excluding carboxylic acids is 1. The second kappa shape index (κ2) is 6.55. The molecule has 0 radical (unpaired) electrons. The first kappa shape index (κ1) is 16.8. The fraction of sp³-hybridized carbons (Fsp3) is 0.474. The lowest BCUT2D eigenvalue weighted by Gasteiger charge is -2.15. The third-order valence-corrected chi connectivity index (χ3v) is 5.38. The Morgan fingerprint density at radius 1 is 1.35 bits per heavy atom. The molecule has 2 aromatic rings. The Labute approximate surface area is 151 Å². The Balaban J connectivity index is 1.50. The molecule has 136 valence electrons. The first-order valence-electron chi connectivity index (χ1n) is 9.19. The number of anilines is 1. The Morgan fingerprint density at radius 2 is 2.23 bits per heavy atom. The molecule has 2 unspecified atom stereocenters. The topological polar surface area (TPSA) is 88.9 Å². The number of nitrogens with one attached hydrogen (secondary N) is 2. The van der Waals surface area contributed by atoms with E-state index in [1.165, 1.54) is 36.4 Å². The number of rotatable bonds is 6. The second-order valence-electron chi connectivity index (χ2n) is 7.17. The molecule has 0 spiro atoms. The number of amides is 1. The average Bonchev–Trinajstić information content (AvgIpc) is 3.16. The Hall–Kier alpha value is -2.70. The van der Waals surface area contributed by atoms with E-state index in [2.05, 4.69) is 20.7 Å². The predicted molar refractivity (Wildman–Crippen MR) is 98.7 cm³/mol. The third kappa shape index (κ3) is 3.21. The molecule has 2 N–H and O–H groups in total. The Bertz CT molecular complexity index is 876. The van der Waals surface area contributed by atoms with Gasteiger partial charge in [-0.05, 0) is 50.3 Å². The Kier molecular flexibility index (Phi) is 4.22. The lowest BCUT2D eigenvalue weighted by atomic mass is 10.2. The highest BCUT2D eigenvalue weighted by molar-refractivity contribution is 5.75. The van der Waals surface area contributed by atoms with Gasteiger partial charge in [0.25, 0.3) is 5.56 Å². The fourth-order valence-electron chi connectivity index (χ4n) is 3.92. The summed E-state index contributed by atoms with van der Waals surface area (Å²) in [6.45, 7) is 2.27. The minimum atomic E-state index is -0.300. The van der Waals surface area contributed by atoms with Crippen LogP contribution in [0.4, 0.5) is 5.82 Å². The summed E-state index contributed by atoms with van der Waals surface area (Å²) in [5.74, 6) is 1.46. The van der Waals surface area contributed by atoms with Gasteiger partial charge in [0.15, 0.2) is 0 Å². The van der Waals surface area contributed by atoms with Crippen molar-refractivity contribution in [3.63, 3.8) is 0 Å². The zero-order valence-electron chi connectivity index (χ0n) is 14.9. The summed E-state index contributed by atoms with van der Waals surface area (Å²) in [5, 5.41) is 10.6. The van der Waals surface area contributed by atoms with Crippen LogP contribution >= 0.6 is 0 Å². The third-order valence-electron chi connectivity index (χ3n) is 5.38. The van der Waals surface area contributed by atoms with Crippen LogP contribution in [0.25, 0.3) is 11.3 Å². The molecule has 0 saturated heterocycles. The zero-order chi connectivity index (χ0) is 18.1. The van der Waals surface area contributed by atoms with Gasteiger partial charge in [-0.3, -0.25) is 9.59 Å². The fourth-order valence-corrected chi connectivity index (χ4v) is 3.92. The van der Waals surface area contributed by atoms with Gasteiger partial charge in [-0.25, -0.2) is 9.67 Å². The van der Waals surface area contributed by atoms with E-state index in [1.54, 1.807) is 12.3 Å². The molecule has 2 atom stereocenters. The lowest BCUT2D eigenvalue weighted by Crippen LogP contribution is -2.33. The van der Waals surface area contributed by atoms with Gasteiger partial charge < -0.3 is 10.6 Å². The van der Waals surface area contributed by atoms with Gasteiger partial charge in [0, 0.05) is 29.9 Å². The van der Waals surface area contributed by atoms with Crippen molar-refractivity contribution in [1.82, 2.24) is 20.1 Å². The standard InChI is InChI=1S/C19H23N5O2/c1-2-20-17(25)12-24-18(26)8-6-15(23-24)13-5-7-16(21-11-13)22-19-9-3-4-14(19)10-19/h5-8,11,14H,2-4,9-10,12H2,1H3,(H,20,25)(H,21,22). The van der Waals surface area contributed by atoms with Gasteiger partial charge in [0.1, 0.15) is 12.4 Å². The van der Waals surface area contributed by atoms with Crippen molar-refractivity contribution in [1.29, 1.82) is 0 Å². The van der Waals surface area contributed by atoms with Crippen molar-refractivity contribution in [2.24, 2.45) is 5.92 Å². The number of fused-ring (bicyclic) bond motifs is 1. The highest BCUT2D eigenvalue weighted by Crippen LogP contribution is 2.57. The molecule has 7 nitrogen and oxygen atoms in total. The average molecular weight is 353 g/mol. The van der Waals surface area contributed by atoms with Crippen LogP contribution in [0.15, 0.2) is 35.3 Å². The van der Waals surface area contributed by atoms with E-state index in [4.69, 9.17) is 0 Å². The largest absolute Gasteiger partial charge is 0.364 e. The minimum absolute atomic E-state index is 0.0858. The zero-order valence-corrected chi connectivity index (χ0v) is 14.9. The second-order valence-corrected chi connectivity index (χ2v) is 7.17. The van der Waals surface area contributed by atoms with E-state index >= 15 is 0 Å². The van der Waals surface area contributed by atoms with Gasteiger partial charge in [0.05, 0.1) is 5.69 Å². The molecule has 2 heterocycles. The molecule has 26 heavy (non-hydrogen) atoms. The molecule has 2 aliphatic carbocycles. The molecular formula is C19H23N5O2. The quantitative estimate of drug-likeness (QED) is 0.827. The molecule has 0 aromatic carbocycles. The van der Waals surface area contributed by atoms with E-state index in [-0.39, 0.29) is 23.6 Å². The molecule has 1 amide bonds. The Morgan fingerprint density at radius 3 is 2.88 bits per heavy atom. The number of hydrogen-bond acceptors (Lipinski definition) is 5. The molecule has 2 aromatic heterocycles. The van der Waals surface area contributed by atoms with Gasteiger partial charge >= 0.3 is 0 Å². The van der Waals surface area contributed by atoms with Crippen molar-refractivity contribution in [3.05, 3.63) is 40.8 Å². The van der Waals surface area contributed by atoms with E-state index in [0.29, 0.717) is 12.2 Å². The minimum Gasteiger partial charge on any atom is -0.364 e. The maximum atomic E-state index is 11.9. The molecular weight excluding hydrogens is 330 g/mol. The van der Waals surface area contributed by atoms with Crippen LogP contribution in [0.5, 0.6) is 0 Å². The van der Waals surface area contributed by atoms with Crippen molar-refractivity contribution in [3.8, 4) is 11.3 Å². The summed E-state index contributed by atoms with van der Waals surface area (Å²) in [7, 11) is 0. The van der Waals surface area contributed by atoms with E-state index in [9.17, 15) is 9.59 Å². The molecule has 4 rings (SSSR count). The van der Waals surface area contributed by atoms with E-state index in [0.717, 1.165) is 17.3 Å². The summed E-state index contributed by atoms with van der Waals surface area (Å²) < 4.78 is 1.18. The molecule has 0 aliphatic heterocycles. The van der Waals surface area contributed by atoms with Crippen LogP contribution in [0, 0.1) is 5.92 Å². The summed E-state index contributed by atoms with van der Waals surface area (Å²) in [6.07, 6.45) is 6.86. The van der Waals surface area contributed by atoms with Gasteiger partial charge in [-0.1, -0.05) is 6.42 Å². The molecule has 7 heteroatoms. The monoisotopic (exact) mass is 353 g/mol. The van der Waals surface area contributed by atoms with Gasteiger partial charge in [-0.15, -0.1) is 0 Å². The van der Waals surface area contributed by atoms with Crippen LogP contribution in [0.3, 0.4) is 0 Å². The molecule has 2 fully saturated rings. The van der Waals surface area contributed by atoms with E-state index in [1.807, 2.05) is 19.1 Å². The smallest absolute Gasteiger partial charge is 0.267 e. The number of nitrogens with zero attached hydrogens (tertiary/aromatic N) is 3. The SMILES string of the molecule is CCNC(=O)Cn1nc(-c2ccc(NC34CCCC3C4)nc2)ccc1=O. The number of hydrogen-bond donors (Lipinski definition) is 2. The number of aromatic nitrogens is 3. The highest BCUT2D eigenvalue weighted by atomic mass is 16.2. The number of likely N-dealkylation sites (N-methyl/N-ethyl adjacent to an activating group) is 1. The van der Waals surface area contributed by atoms with Crippen LogP contribution in [-0.2, 0) is 11.3 Å². The normalized spacial score (nSPS) is 23.3. The number of carbonyl (C=O) groups is 1. The van der Waals surface area contributed by atoms with Crippen molar-refractivity contribution >= 4 is 11.7 Å². The van der Waals surface area contributed by atoms with Crippen molar-refractivity contribution in [2.75, 3.05) is 11.9 Å². The lowest BCUT2D eigenvalue weighted by molar-refractivity contribution is -0.121. The highest BCUT2D eigenvalue weighted by Gasteiger charge is 2.57. The summed E-state index contributed by atoms with van der Waals surface area (Å²) >= 11 is 0. The van der Waals surface area contributed by atoms with Crippen LogP contribution in [0.1, 0.15) is 32.6 Å². The van der Waals surface area contributed by atoms with Crippen LogP contribution in [-0.4, -0.2) is 32.8 Å². The molecule has 2 aliphatic rings. The summed E-state index contributed by atoms with van der Waals surface area (Å²) in [4.78, 5) is 28.2. The maximum absolute atomic E-state index is 11.9. The first-order valence-corrected chi connectivity index (χ1v) is 9.19. The molecule has 2 saturated carbocycles. The van der Waals surface area contributed by atoms with E-state index < -0.39 is 0 Å². The summed E-state index contributed by atoms with van der Waals surface area (Å²) in [5.41, 5.74) is 1.42. The van der Waals surface area contributed by atoms with Gasteiger partial charge in [-0.2, -0.15) is 5.10 Å². The van der Waals surface area contributed by atoms with Crippen LogP contribution < -0.4 is 16.2 Å². The maximum Gasteiger partial charge on any atom is 0.267 e. The van der Waals surface area contributed by atoms with Crippen molar-refractivity contribution in [2.45, 2.75) is 44.7 Å². The molecule has 0 bridgehead atoms. The van der Waals surface area contributed by atoms with Crippen LogP contribution in [0.2, 0.25) is 0 Å². The van der Waals surface area contributed by atoms with Gasteiger partial charge in [0.2, 0.25) is 5.91 Å². The first-order chi connectivity index (χ1) is 12.6. The predicted octanol–water partition coefficient (Wildman–Crippen LogP) is 1.80.